The number of Topliss-reactive ketones (excluding diaryl/α,β-unsaturated/α-hetero) is 1. The number of aromatic nitrogens is 3. The Bertz CT molecular complexity index is 349. The number of hydrogen-bond acceptors (Lipinski definition) is 4. The first kappa shape index (κ1) is 14.8. The largest absolute Gasteiger partial charge is 0.325 e. The molecule has 0 saturated heterocycles. The lowest BCUT2D eigenvalue weighted by Crippen LogP contribution is -2.10. The zero-order valence-electron chi connectivity index (χ0n) is 11.3. The van der Waals surface area contributed by atoms with Gasteiger partial charge in [-0.15, -0.1) is 5.10 Å². The molecule has 2 N–H and O–H groups in total. The standard InChI is InChI=1S/C13H24N4O/c1-2-3-4-5-6-7-8-13(18)11-17-10-12(9-14)15-16-17/h10H,2-9,11,14H2,1H3. The number of carbonyl (C=O) groups excluding carboxylic acids is 1. The second-order valence-corrected chi connectivity index (χ2v) is 4.67. The van der Waals surface area contributed by atoms with Crippen LogP contribution < -0.4 is 5.73 Å². The van der Waals surface area contributed by atoms with Gasteiger partial charge in [0.05, 0.1) is 11.9 Å². The molecular formula is C13H24N4O. The van der Waals surface area contributed by atoms with Crippen molar-refractivity contribution in [1.29, 1.82) is 0 Å². The van der Waals surface area contributed by atoms with Gasteiger partial charge in [-0.25, -0.2) is 4.68 Å². The van der Waals surface area contributed by atoms with Gasteiger partial charge in [-0.1, -0.05) is 44.2 Å². The summed E-state index contributed by atoms with van der Waals surface area (Å²) >= 11 is 0. The third-order valence-electron chi connectivity index (χ3n) is 2.94. The maximum atomic E-state index is 11.7. The smallest absolute Gasteiger partial charge is 0.154 e. The molecule has 0 bridgehead atoms. The van der Waals surface area contributed by atoms with Crippen molar-refractivity contribution >= 4 is 5.78 Å². The number of nitrogens with two attached hydrogens (primary N) is 1. The molecule has 0 aromatic carbocycles. The summed E-state index contributed by atoms with van der Waals surface area (Å²) in [6.07, 6.45) is 9.60. The van der Waals surface area contributed by atoms with Crippen LogP contribution in [-0.2, 0) is 17.9 Å². The fourth-order valence-electron chi connectivity index (χ4n) is 1.87. The maximum Gasteiger partial charge on any atom is 0.154 e. The fourth-order valence-corrected chi connectivity index (χ4v) is 1.87. The minimum Gasteiger partial charge on any atom is -0.325 e. The van der Waals surface area contributed by atoms with Crippen LogP contribution in [0.1, 0.15) is 57.6 Å². The minimum atomic E-state index is 0.221. The van der Waals surface area contributed by atoms with Gasteiger partial charge in [-0.2, -0.15) is 0 Å². The molecule has 0 aliphatic carbocycles. The summed E-state index contributed by atoms with van der Waals surface area (Å²) in [4.78, 5) is 11.7. The van der Waals surface area contributed by atoms with E-state index in [0.29, 0.717) is 19.5 Å². The molecule has 0 saturated carbocycles. The Labute approximate surface area is 109 Å². The quantitative estimate of drug-likeness (QED) is 0.647. The Morgan fingerprint density at radius 1 is 1.28 bits per heavy atom. The predicted octanol–water partition coefficient (Wildman–Crippen LogP) is 2.06. The van der Waals surface area contributed by atoms with E-state index in [1.54, 1.807) is 10.9 Å². The number of rotatable bonds is 10. The van der Waals surface area contributed by atoms with Crippen LogP contribution in [0.2, 0.25) is 0 Å². The lowest BCUT2D eigenvalue weighted by molar-refractivity contribution is -0.119. The van der Waals surface area contributed by atoms with E-state index in [2.05, 4.69) is 17.2 Å². The molecule has 0 aliphatic heterocycles. The number of nitrogens with zero attached hydrogens (tertiary/aromatic N) is 3. The number of unbranched alkanes of at least 4 members (excludes halogenated alkanes) is 5. The van der Waals surface area contributed by atoms with Crippen LogP contribution in [-0.4, -0.2) is 20.8 Å². The predicted molar refractivity (Wildman–Crippen MR) is 70.9 cm³/mol. The molecule has 102 valence electrons. The molecule has 0 radical (unpaired) electrons. The van der Waals surface area contributed by atoms with Gasteiger partial charge in [-0.3, -0.25) is 4.79 Å². The molecular weight excluding hydrogens is 228 g/mol. The highest BCUT2D eigenvalue weighted by Gasteiger charge is 2.05. The van der Waals surface area contributed by atoms with Crippen molar-refractivity contribution < 1.29 is 4.79 Å². The van der Waals surface area contributed by atoms with Gasteiger partial charge < -0.3 is 5.73 Å². The fraction of sp³-hybridized carbons (Fsp3) is 0.769. The minimum absolute atomic E-state index is 0.221. The van der Waals surface area contributed by atoms with Crippen LogP contribution >= 0.6 is 0 Å². The molecule has 0 fully saturated rings. The highest BCUT2D eigenvalue weighted by atomic mass is 16.1. The van der Waals surface area contributed by atoms with Gasteiger partial charge in [0.25, 0.3) is 0 Å². The summed E-state index contributed by atoms with van der Waals surface area (Å²) in [5.74, 6) is 0.221. The average Bonchev–Trinajstić information content (AvgIpc) is 2.81. The van der Waals surface area contributed by atoms with Crippen molar-refractivity contribution in [1.82, 2.24) is 15.0 Å². The van der Waals surface area contributed by atoms with E-state index in [1.807, 2.05) is 0 Å². The molecule has 18 heavy (non-hydrogen) atoms. The Kier molecular flexibility index (Phi) is 7.25. The molecule has 1 aromatic heterocycles. The third kappa shape index (κ3) is 5.91. The van der Waals surface area contributed by atoms with Crippen LogP contribution in [0.4, 0.5) is 0 Å². The lowest BCUT2D eigenvalue weighted by Gasteiger charge is -2.01. The Morgan fingerprint density at radius 2 is 2.00 bits per heavy atom. The normalized spacial score (nSPS) is 10.8. The van der Waals surface area contributed by atoms with Gasteiger partial charge in [0.1, 0.15) is 6.54 Å². The van der Waals surface area contributed by atoms with Crippen LogP contribution in [0.5, 0.6) is 0 Å². The van der Waals surface area contributed by atoms with Crippen LogP contribution in [0.3, 0.4) is 0 Å². The van der Waals surface area contributed by atoms with Crippen molar-refractivity contribution in [2.75, 3.05) is 0 Å². The second-order valence-electron chi connectivity index (χ2n) is 4.67. The third-order valence-corrected chi connectivity index (χ3v) is 2.94. The maximum absolute atomic E-state index is 11.7. The molecule has 0 amide bonds. The van der Waals surface area contributed by atoms with Crippen molar-refractivity contribution in [3.63, 3.8) is 0 Å². The number of ketones is 1. The average molecular weight is 252 g/mol. The Hall–Kier alpha value is -1.23. The van der Waals surface area contributed by atoms with Crippen LogP contribution in [0.15, 0.2) is 6.20 Å². The molecule has 1 heterocycles. The summed E-state index contributed by atoms with van der Waals surface area (Å²) in [6.45, 7) is 2.89. The summed E-state index contributed by atoms with van der Waals surface area (Å²) in [5.41, 5.74) is 6.16. The summed E-state index contributed by atoms with van der Waals surface area (Å²) in [7, 11) is 0. The van der Waals surface area contributed by atoms with Crippen LogP contribution in [0.25, 0.3) is 0 Å². The molecule has 1 rings (SSSR count). The van der Waals surface area contributed by atoms with Crippen molar-refractivity contribution in [2.24, 2.45) is 5.73 Å². The van der Waals surface area contributed by atoms with E-state index >= 15 is 0 Å². The highest BCUT2D eigenvalue weighted by molar-refractivity contribution is 5.77. The first-order valence-corrected chi connectivity index (χ1v) is 6.87. The van der Waals surface area contributed by atoms with E-state index in [4.69, 9.17) is 5.73 Å². The van der Waals surface area contributed by atoms with Crippen molar-refractivity contribution in [3.8, 4) is 0 Å². The monoisotopic (exact) mass is 252 g/mol. The van der Waals surface area contributed by atoms with E-state index in [1.165, 1.54) is 25.7 Å². The first-order chi connectivity index (χ1) is 8.76. The van der Waals surface area contributed by atoms with Crippen molar-refractivity contribution in [2.45, 2.75) is 65.0 Å². The van der Waals surface area contributed by atoms with E-state index in [-0.39, 0.29) is 5.78 Å². The van der Waals surface area contributed by atoms with Crippen LogP contribution in [0, 0.1) is 0 Å². The molecule has 5 heteroatoms. The zero-order chi connectivity index (χ0) is 13.2. The van der Waals surface area contributed by atoms with E-state index in [0.717, 1.165) is 18.5 Å². The molecule has 0 aliphatic rings. The van der Waals surface area contributed by atoms with Gasteiger partial charge in [0.2, 0.25) is 0 Å². The van der Waals surface area contributed by atoms with Gasteiger partial charge in [0, 0.05) is 13.0 Å². The highest BCUT2D eigenvalue weighted by Crippen LogP contribution is 2.07. The summed E-state index contributed by atoms with van der Waals surface area (Å²) in [5, 5.41) is 7.72. The Morgan fingerprint density at radius 3 is 2.67 bits per heavy atom. The van der Waals surface area contributed by atoms with Gasteiger partial charge >= 0.3 is 0 Å². The summed E-state index contributed by atoms with van der Waals surface area (Å²) < 4.78 is 1.57. The Balaban J connectivity index is 2.10. The van der Waals surface area contributed by atoms with E-state index < -0.39 is 0 Å². The molecule has 0 unspecified atom stereocenters. The van der Waals surface area contributed by atoms with E-state index in [9.17, 15) is 4.79 Å². The molecule has 0 spiro atoms. The molecule has 5 nitrogen and oxygen atoms in total. The lowest BCUT2D eigenvalue weighted by atomic mass is 10.1. The molecule has 0 atom stereocenters. The van der Waals surface area contributed by atoms with Gasteiger partial charge in [0.15, 0.2) is 5.78 Å². The SMILES string of the molecule is CCCCCCCCC(=O)Cn1cc(CN)nn1. The van der Waals surface area contributed by atoms with Gasteiger partial charge in [-0.05, 0) is 6.42 Å². The van der Waals surface area contributed by atoms with Crippen molar-refractivity contribution in [3.05, 3.63) is 11.9 Å². The second kappa shape index (κ2) is 8.80. The first-order valence-electron chi connectivity index (χ1n) is 6.87. The number of hydrogen-bond donors (Lipinski definition) is 1. The zero-order valence-corrected chi connectivity index (χ0v) is 11.3. The molecule has 1 aromatic rings. The summed E-state index contributed by atoms with van der Waals surface area (Å²) in [6, 6.07) is 0. The topological polar surface area (TPSA) is 73.8 Å². The number of carbonyl (C=O) groups is 1.